The molecule has 0 amide bonds. The lowest BCUT2D eigenvalue weighted by atomic mass is 9.90. The van der Waals surface area contributed by atoms with Crippen LogP contribution in [-0.4, -0.2) is 51.5 Å². The molecule has 2 unspecified atom stereocenters. The van der Waals surface area contributed by atoms with E-state index in [2.05, 4.69) is 15.0 Å². The van der Waals surface area contributed by atoms with Crippen molar-refractivity contribution in [2.45, 2.75) is 12.3 Å². The van der Waals surface area contributed by atoms with Crippen LogP contribution in [0.2, 0.25) is 0 Å². The molecule has 0 spiro atoms. The van der Waals surface area contributed by atoms with Crippen molar-refractivity contribution in [1.29, 1.82) is 0 Å². The Morgan fingerprint density at radius 1 is 1.32 bits per heavy atom. The highest BCUT2D eigenvalue weighted by Crippen LogP contribution is 2.32. The van der Waals surface area contributed by atoms with Crippen LogP contribution in [0.1, 0.15) is 0 Å². The smallest absolute Gasteiger partial charge is 0.255 e. The molecule has 1 saturated heterocycles. The van der Waals surface area contributed by atoms with Gasteiger partial charge in [-0.15, -0.1) is 0 Å². The van der Waals surface area contributed by atoms with E-state index in [4.69, 9.17) is 4.74 Å². The van der Waals surface area contributed by atoms with Crippen LogP contribution in [0.4, 0.5) is 14.7 Å². The van der Waals surface area contributed by atoms with Gasteiger partial charge in [-0.2, -0.15) is 0 Å². The average Bonchev–Trinajstić information content (AvgIpc) is 2.71. The Morgan fingerprint density at radius 3 is 2.93 bits per heavy atom. The number of rotatable bonds is 3. The molecule has 3 heterocycles. The third kappa shape index (κ3) is 3.45. The van der Waals surface area contributed by atoms with Crippen molar-refractivity contribution in [3.63, 3.8) is 0 Å². The first kappa shape index (κ1) is 18.4. The van der Waals surface area contributed by atoms with E-state index in [-0.39, 0.29) is 18.7 Å². The zero-order chi connectivity index (χ0) is 19.7. The first-order chi connectivity index (χ1) is 13.5. The van der Waals surface area contributed by atoms with Crippen molar-refractivity contribution in [3.05, 3.63) is 59.1 Å². The Bertz CT molecular complexity index is 976. The van der Waals surface area contributed by atoms with Gasteiger partial charge in [-0.1, -0.05) is 6.08 Å². The minimum atomic E-state index is -1.46. The van der Waals surface area contributed by atoms with Gasteiger partial charge in [-0.25, -0.2) is 23.7 Å². The molecule has 9 heteroatoms. The summed E-state index contributed by atoms with van der Waals surface area (Å²) in [7, 11) is 1.61. The fourth-order valence-corrected chi connectivity index (χ4v) is 3.48. The van der Waals surface area contributed by atoms with Crippen LogP contribution in [0.25, 0.3) is 11.4 Å². The topological polar surface area (TPSA) is 73.1 Å². The SMILES string of the molecule is Cn1c(N2CCO[C@H](C3C(F)=CC=CC3F)C2)nc(-c2ccncn2)cc1=O. The molecule has 7 nitrogen and oxygen atoms in total. The van der Waals surface area contributed by atoms with E-state index in [9.17, 15) is 13.6 Å². The molecule has 1 fully saturated rings. The fourth-order valence-electron chi connectivity index (χ4n) is 3.48. The second-order valence-electron chi connectivity index (χ2n) is 6.70. The van der Waals surface area contributed by atoms with Gasteiger partial charge in [0.15, 0.2) is 0 Å². The summed E-state index contributed by atoms with van der Waals surface area (Å²) in [5.41, 5.74) is 0.685. The number of anilines is 1. The fraction of sp³-hybridized carbons (Fsp3) is 0.368. The molecule has 2 aliphatic rings. The lowest BCUT2D eigenvalue weighted by Gasteiger charge is -2.38. The number of morpholine rings is 1. The maximum atomic E-state index is 14.3. The molecule has 0 radical (unpaired) electrons. The minimum absolute atomic E-state index is 0.216. The molecular formula is C19H19F2N5O2. The van der Waals surface area contributed by atoms with E-state index >= 15 is 0 Å². The number of nitrogens with zero attached hydrogens (tertiary/aromatic N) is 5. The average molecular weight is 387 g/mol. The standard InChI is InChI=1S/C19H19F2N5O2/c1-25-17(27)9-15(14-5-6-22-11-23-14)24-19(25)26-7-8-28-16(10-26)18-12(20)3-2-4-13(18)21/h2-6,9,11-12,16,18H,7-8,10H2,1H3/t12?,16-,18?/m0/s1. The Hall–Kier alpha value is -2.94. The van der Waals surface area contributed by atoms with E-state index in [0.29, 0.717) is 23.9 Å². The molecule has 0 aromatic carbocycles. The van der Waals surface area contributed by atoms with E-state index < -0.39 is 24.0 Å². The van der Waals surface area contributed by atoms with Gasteiger partial charge in [-0.3, -0.25) is 9.36 Å². The monoisotopic (exact) mass is 387 g/mol. The van der Waals surface area contributed by atoms with Gasteiger partial charge >= 0.3 is 0 Å². The molecule has 4 rings (SSSR count). The van der Waals surface area contributed by atoms with Gasteiger partial charge < -0.3 is 9.64 Å². The lowest BCUT2D eigenvalue weighted by Crippen LogP contribution is -2.49. The molecule has 28 heavy (non-hydrogen) atoms. The maximum absolute atomic E-state index is 14.3. The molecule has 146 valence electrons. The second kappa shape index (κ2) is 7.59. The van der Waals surface area contributed by atoms with Gasteiger partial charge in [0, 0.05) is 32.4 Å². The van der Waals surface area contributed by atoms with Crippen LogP contribution in [0.15, 0.2) is 53.5 Å². The lowest BCUT2D eigenvalue weighted by molar-refractivity contribution is -0.0115. The van der Waals surface area contributed by atoms with Crippen LogP contribution in [0.3, 0.4) is 0 Å². The summed E-state index contributed by atoms with van der Waals surface area (Å²) in [5.74, 6) is -1.14. The van der Waals surface area contributed by atoms with E-state index in [1.807, 2.05) is 4.90 Å². The zero-order valence-corrected chi connectivity index (χ0v) is 15.2. The third-order valence-corrected chi connectivity index (χ3v) is 4.94. The highest BCUT2D eigenvalue weighted by Gasteiger charge is 2.38. The van der Waals surface area contributed by atoms with Crippen molar-refractivity contribution in [1.82, 2.24) is 19.5 Å². The van der Waals surface area contributed by atoms with Gasteiger partial charge in [0.1, 0.15) is 18.3 Å². The Morgan fingerprint density at radius 2 is 2.18 bits per heavy atom. The summed E-state index contributed by atoms with van der Waals surface area (Å²) in [5, 5.41) is 0. The number of aromatic nitrogens is 4. The molecule has 3 atom stereocenters. The highest BCUT2D eigenvalue weighted by molar-refractivity contribution is 5.55. The molecule has 2 aromatic rings. The first-order valence-corrected chi connectivity index (χ1v) is 8.93. The molecular weight excluding hydrogens is 368 g/mol. The Balaban J connectivity index is 1.65. The quantitative estimate of drug-likeness (QED) is 0.800. The van der Waals surface area contributed by atoms with Gasteiger partial charge in [-0.05, 0) is 18.2 Å². The van der Waals surface area contributed by atoms with Crippen molar-refractivity contribution in [3.8, 4) is 11.4 Å². The van der Waals surface area contributed by atoms with Crippen molar-refractivity contribution in [2.24, 2.45) is 13.0 Å². The van der Waals surface area contributed by atoms with Crippen LogP contribution in [0.5, 0.6) is 0 Å². The third-order valence-electron chi connectivity index (χ3n) is 4.94. The Labute approximate surface area is 160 Å². The molecule has 0 N–H and O–H groups in total. The largest absolute Gasteiger partial charge is 0.374 e. The number of hydrogen-bond donors (Lipinski definition) is 0. The molecule has 1 aliphatic carbocycles. The van der Waals surface area contributed by atoms with Crippen molar-refractivity contribution >= 4 is 5.95 Å². The molecule has 0 saturated carbocycles. The Kier molecular flexibility index (Phi) is 4.99. The minimum Gasteiger partial charge on any atom is -0.374 e. The van der Waals surface area contributed by atoms with Crippen LogP contribution in [0, 0.1) is 5.92 Å². The van der Waals surface area contributed by atoms with Gasteiger partial charge in [0.25, 0.3) is 5.56 Å². The highest BCUT2D eigenvalue weighted by atomic mass is 19.1. The summed E-state index contributed by atoms with van der Waals surface area (Å²) in [4.78, 5) is 26.8. The molecule has 2 aromatic heterocycles. The molecule has 1 aliphatic heterocycles. The van der Waals surface area contributed by atoms with E-state index in [1.54, 1.807) is 19.3 Å². The number of hydrogen-bond acceptors (Lipinski definition) is 6. The predicted molar refractivity (Wildman–Crippen MR) is 99.2 cm³/mol. The zero-order valence-electron chi connectivity index (χ0n) is 15.2. The summed E-state index contributed by atoms with van der Waals surface area (Å²) in [6.45, 7) is 0.945. The number of ether oxygens (including phenoxy) is 1. The number of halogens is 2. The second-order valence-corrected chi connectivity index (χ2v) is 6.70. The molecule has 0 bridgehead atoms. The summed E-state index contributed by atoms with van der Waals surface area (Å²) in [6, 6.07) is 3.06. The van der Waals surface area contributed by atoms with Gasteiger partial charge in [0.2, 0.25) is 5.95 Å². The van der Waals surface area contributed by atoms with E-state index in [0.717, 1.165) is 0 Å². The van der Waals surface area contributed by atoms with Crippen LogP contribution in [-0.2, 0) is 11.8 Å². The number of alkyl halides is 1. The van der Waals surface area contributed by atoms with Crippen LogP contribution >= 0.6 is 0 Å². The van der Waals surface area contributed by atoms with Crippen molar-refractivity contribution < 1.29 is 13.5 Å². The van der Waals surface area contributed by atoms with Crippen molar-refractivity contribution in [2.75, 3.05) is 24.6 Å². The summed E-state index contributed by atoms with van der Waals surface area (Å²) < 4.78 is 35.6. The van der Waals surface area contributed by atoms with Gasteiger partial charge in [0.05, 0.1) is 30.0 Å². The van der Waals surface area contributed by atoms with Crippen LogP contribution < -0.4 is 10.5 Å². The summed E-state index contributed by atoms with van der Waals surface area (Å²) in [6.07, 6.45) is 4.74. The van der Waals surface area contributed by atoms with E-state index in [1.165, 1.54) is 35.2 Å². The first-order valence-electron chi connectivity index (χ1n) is 8.93. The normalized spacial score (nSPS) is 24.9. The maximum Gasteiger partial charge on any atom is 0.255 e. The summed E-state index contributed by atoms with van der Waals surface area (Å²) >= 11 is 0. The predicted octanol–water partition coefficient (Wildman–Crippen LogP) is 1.82. The number of allylic oxidation sites excluding steroid dienone is 3.